The largest absolute Gasteiger partial charge is 0.497 e. The zero-order valence-corrected chi connectivity index (χ0v) is 11.2. The summed E-state index contributed by atoms with van der Waals surface area (Å²) < 4.78 is 31.2. The standard InChI is InChI=1S/C10H12N2O4S2/c1-16-7-2-3-8-9(6-7)17-10(11-8)12-18(14,15)5-4-13/h2-3,6,13H,4-5H2,1H3,(H,11,12). The van der Waals surface area contributed by atoms with Crippen LogP contribution >= 0.6 is 11.3 Å². The molecule has 0 aliphatic heterocycles. The number of rotatable bonds is 5. The van der Waals surface area contributed by atoms with Gasteiger partial charge in [0.1, 0.15) is 5.75 Å². The Kier molecular flexibility index (Phi) is 3.69. The Morgan fingerprint density at radius 2 is 2.28 bits per heavy atom. The third kappa shape index (κ3) is 2.89. The molecule has 2 N–H and O–H groups in total. The lowest BCUT2D eigenvalue weighted by Gasteiger charge is -2.01. The van der Waals surface area contributed by atoms with Crippen molar-refractivity contribution in [3.05, 3.63) is 18.2 Å². The van der Waals surface area contributed by atoms with Gasteiger partial charge in [-0.1, -0.05) is 11.3 Å². The Bertz CT molecular complexity index is 651. The van der Waals surface area contributed by atoms with Crippen molar-refractivity contribution >= 4 is 36.7 Å². The molecule has 0 saturated carbocycles. The van der Waals surface area contributed by atoms with Crippen molar-refractivity contribution in [3.8, 4) is 5.75 Å². The number of ether oxygens (including phenoxy) is 1. The predicted octanol–water partition coefficient (Wildman–Crippen LogP) is 1.04. The average molecular weight is 288 g/mol. The monoisotopic (exact) mass is 288 g/mol. The first-order chi connectivity index (χ1) is 8.54. The summed E-state index contributed by atoms with van der Waals surface area (Å²) in [6.45, 7) is -0.423. The molecule has 0 bridgehead atoms. The molecule has 0 spiro atoms. The second kappa shape index (κ2) is 5.09. The van der Waals surface area contributed by atoms with E-state index in [-0.39, 0.29) is 10.9 Å². The maximum atomic E-state index is 11.5. The smallest absolute Gasteiger partial charge is 0.236 e. The van der Waals surface area contributed by atoms with Gasteiger partial charge in [-0.2, -0.15) is 0 Å². The van der Waals surface area contributed by atoms with Crippen molar-refractivity contribution in [1.82, 2.24) is 4.98 Å². The van der Waals surface area contributed by atoms with E-state index in [0.29, 0.717) is 11.3 Å². The van der Waals surface area contributed by atoms with Gasteiger partial charge in [0.2, 0.25) is 10.0 Å². The van der Waals surface area contributed by atoms with Crippen LogP contribution in [0.5, 0.6) is 5.75 Å². The highest BCUT2D eigenvalue weighted by Crippen LogP contribution is 2.29. The number of sulfonamides is 1. The zero-order chi connectivity index (χ0) is 13.2. The van der Waals surface area contributed by atoms with E-state index in [9.17, 15) is 8.42 Å². The van der Waals surface area contributed by atoms with Gasteiger partial charge in [0.25, 0.3) is 0 Å². The first-order valence-corrected chi connectivity index (χ1v) is 7.57. The van der Waals surface area contributed by atoms with Crippen molar-refractivity contribution in [2.45, 2.75) is 0 Å². The lowest BCUT2D eigenvalue weighted by atomic mass is 10.3. The number of anilines is 1. The fourth-order valence-electron chi connectivity index (χ4n) is 1.38. The van der Waals surface area contributed by atoms with E-state index in [0.717, 1.165) is 4.70 Å². The minimum absolute atomic E-state index is 0.284. The molecule has 2 aromatic rings. The van der Waals surface area contributed by atoms with Gasteiger partial charge in [0.15, 0.2) is 5.13 Å². The van der Waals surface area contributed by atoms with Crippen molar-refractivity contribution in [1.29, 1.82) is 0 Å². The number of hydrogen-bond acceptors (Lipinski definition) is 6. The van der Waals surface area contributed by atoms with Crippen LogP contribution in [0.15, 0.2) is 18.2 Å². The summed E-state index contributed by atoms with van der Waals surface area (Å²) in [5.41, 5.74) is 0.697. The molecular weight excluding hydrogens is 276 g/mol. The van der Waals surface area contributed by atoms with Gasteiger partial charge in [0, 0.05) is 0 Å². The number of nitrogens with zero attached hydrogens (tertiary/aromatic N) is 1. The van der Waals surface area contributed by atoms with Crippen LogP contribution in [0.3, 0.4) is 0 Å². The number of nitrogens with one attached hydrogen (secondary N) is 1. The first-order valence-electron chi connectivity index (χ1n) is 5.10. The number of benzene rings is 1. The van der Waals surface area contributed by atoms with Crippen LogP contribution in [0.25, 0.3) is 10.2 Å². The maximum absolute atomic E-state index is 11.5. The highest BCUT2D eigenvalue weighted by molar-refractivity contribution is 7.92. The second-order valence-corrected chi connectivity index (χ2v) is 6.37. The minimum Gasteiger partial charge on any atom is -0.497 e. The molecule has 0 amide bonds. The van der Waals surface area contributed by atoms with E-state index in [1.807, 2.05) is 0 Å². The molecule has 0 atom stereocenters. The van der Waals surface area contributed by atoms with Gasteiger partial charge in [-0.25, -0.2) is 13.4 Å². The SMILES string of the molecule is COc1ccc2nc(NS(=O)(=O)CCO)sc2c1. The van der Waals surface area contributed by atoms with Gasteiger partial charge in [-0.05, 0) is 18.2 Å². The van der Waals surface area contributed by atoms with E-state index < -0.39 is 16.6 Å². The summed E-state index contributed by atoms with van der Waals surface area (Å²) in [6, 6.07) is 5.30. The molecule has 98 valence electrons. The Balaban J connectivity index is 2.30. The van der Waals surface area contributed by atoms with Gasteiger partial charge in [0.05, 0.1) is 29.7 Å². The number of hydrogen-bond donors (Lipinski definition) is 2. The molecule has 0 aliphatic rings. The first kappa shape index (κ1) is 13.1. The lowest BCUT2D eigenvalue weighted by Crippen LogP contribution is -2.18. The van der Waals surface area contributed by atoms with Crippen molar-refractivity contribution in [2.24, 2.45) is 0 Å². The fraction of sp³-hybridized carbons (Fsp3) is 0.300. The van der Waals surface area contributed by atoms with Gasteiger partial charge in [-0.15, -0.1) is 0 Å². The van der Waals surface area contributed by atoms with Crippen molar-refractivity contribution in [3.63, 3.8) is 0 Å². The third-order valence-corrected chi connectivity index (χ3v) is 4.49. The number of aliphatic hydroxyl groups excluding tert-OH is 1. The third-order valence-electron chi connectivity index (χ3n) is 2.20. The molecule has 18 heavy (non-hydrogen) atoms. The summed E-state index contributed by atoms with van der Waals surface area (Å²) in [4.78, 5) is 4.15. The molecule has 2 rings (SSSR count). The van der Waals surface area contributed by atoms with Gasteiger partial charge < -0.3 is 9.84 Å². The molecule has 8 heteroatoms. The minimum atomic E-state index is -3.53. The zero-order valence-electron chi connectivity index (χ0n) is 9.58. The van der Waals surface area contributed by atoms with E-state index in [2.05, 4.69) is 9.71 Å². The number of fused-ring (bicyclic) bond motifs is 1. The van der Waals surface area contributed by atoms with Crippen LogP contribution in [0.1, 0.15) is 0 Å². The van der Waals surface area contributed by atoms with Crippen LogP contribution in [0.4, 0.5) is 5.13 Å². The maximum Gasteiger partial charge on any atom is 0.236 e. The van der Waals surface area contributed by atoms with Crippen LogP contribution in [0, 0.1) is 0 Å². The average Bonchev–Trinajstić information content (AvgIpc) is 2.68. The summed E-state index contributed by atoms with van der Waals surface area (Å²) in [5, 5.41) is 8.92. The molecule has 0 saturated heterocycles. The molecule has 1 heterocycles. The number of methoxy groups -OCH3 is 1. The number of thiazole rings is 1. The van der Waals surface area contributed by atoms with E-state index in [1.165, 1.54) is 11.3 Å². The molecule has 1 aromatic heterocycles. The number of aliphatic hydroxyl groups is 1. The van der Waals surface area contributed by atoms with Crippen LogP contribution in [-0.4, -0.2) is 38.0 Å². The molecule has 0 radical (unpaired) electrons. The molecule has 0 unspecified atom stereocenters. The molecule has 0 aliphatic carbocycles. The summed E-state index contributed by atoms with van der Waals surface area (Å²) in [7, 11) is -1.97. The Hall–Kier alpha value is -1.38. The quantitative estimate of drug-likeness (QED) is 0.858. The topological polar surface area (TPSA) is 88.5 Å². The molecular formula is C10H12N2O4S2. The van der Waals surface area contributed by atoms with Crippen LogP contribution in [-0.2, 0) is 10.0 Å². The fourth-order valence-corrected chi connectivity index (χ4v) is 3.33. The lowest BCUT2D eigenvalue weighted by molar-refractivity contribution is 0.320. The van der Waals surface area contributed by atoms with E-state index in [4.69, 9.17) is 9.84 Å². The highest BCUT2D eigenvalue weighted by atomic mass is 32.2. The van der Waals surface area contributed by atoms with Crippen LogP contribution < -0.4 is 9.46 Å². The molecule has 1 aromatic carbocycles. The predicted molar refractivity (Wildman–Crippen MR) is 70.7 cm³/mol. The van der Waals surface area contributed by atoms with E-state index >= 15 is 0 Å². The van der Waals surface area contributed by atoms with Crippen LogP contribution in [0.2, 0.25) is 0 Å². The van der Waals surface area contributed by atoms with Crippen molar-refractivity contribution in [2.75, 3.05) is 24.2 Å². The Morgan fingerprint density at radius 1 is 1.50 bits per heavy atom. The summed E-state index contributed by atoms with van der Waals surface area (Å²) in [6.07, 6.45) is 0. The van der Waals surface area contributed by atoms with E-state index in [1.54, 1.807) is 25.3 Å². The Labute approximate surface area is 108 Å². The number of aromatic nitrogens is 1. The normalized spacial score (nSPS) is 11.7. The van der Waals surface area contributed by atoms with Crippen molar-refractivity contribution < 1.29 is 18.3 Å². The Morgan fingerprint density at radius 3 is 2.94 bits per heavy atom. The summed E-state index contributed by atoms with van der Waals surface area (Å²) in [5.74, 6) is 0.350. The summed E-state index contributed by atoms with van der Waals surface area (Å²) >= 11 is 1.22. The van der Waals surface area contributed by atoms with Gasteiger partial charge in [-0.3, -0.25) is 4.72 Å². The highest BCUT2D eigenvalue weighted by Gasteiger charge is 2.13. The molecule has 0 fully saturated rings. The molecule has 6 nitrogen and oxygen atoms in total. The second-order valence-electron chi connectivity index (χ2n) is 3.50. The van der Waals surface area contributed by atoms with Gasteiger partial charge >= 0.3 is 0 Å².